The zero-order valence-corrected chi connectivity index (χ0v) is 23.7. The average Bonchev–Trinajstić information content (AvgIpc) is 3.01. The summed E-state index contributed by atoms with van der Waals surface area (Å²) in [7, 11) is 4.32. The minimum absolute atomic E-state index is 0.0573. The number of benzene rings is 2. The van der Waals surface area contributed by atoms with Gasteiger partial charge in [0.25, 0.3) is 0 Å². The molecule has 8 N–H and O–H groups in total. The van der Waals surface area contributed by atoms with Crippen molar-refractivity contribution in [2.45, 2.75) is 74.4 Å². The molecule has 0 unspecified atom stereocenters. The monoisotopic (exact) mass is 614 g/mol. The summed E-state index contributed by atoms with van der Waals surface area (Å²) in [6.07, 6.45) is -15.8. The van der Waals surface area contributed by atoms with Crippen LogP contribution < -0.4 is 23.7 Å². The first kappa shape index (κ1) is 32.9. The van der Waals surface area contributed by atoms with Crippen molar-refractivity contribution in [1.82, 2.24) is 0 Å². The fourth-order valence-electron chi connectivity index (χ4n) is 4.82. The standard InChI is InChI=1S/C28H38O15/c1-37-14-7-6-12(8-15(14)38-2)4-5-13-9-16(40-27-23(34)20(31)19(30)18(11-29)42-27)25(39-3)17(10-13)41-28-24(35)21(32)22(33)26(36)43-28/h6-10,18-24,26-36H,4-5,11H2,1-3H3/t18-,19-,20+,21+,22+,23-,24-,26+,27-,28-/m1/s1. The number of aryl methyl sites for hydroxylation is 2. The SMILES string of the molecule is COc1ccc(CCc2cc(O[C@@H]3O[C@H](O)[C@@H](O)[C@H](O)[C@H]3O)c(OC)c(O[C@@H]3O[C@H](CO)[C@@H](O)[C@H](O)[C@H]3O)c2)cc1OC. The molecule has 2 aromatic carbocycles. The summed E-state index contributed by atoms with van der Waals surface area (Å²) in [6, 6.07) is 8.52. The maximum absolute atomic E-state index is 10.5. The van der Waals surface area contributed by atoms with Crippen molar-refractivity contribution in [3.05, 3.63) is 41.5 Å². The van der Waals surface area contributed by atoms with Crippen LogP contribution in [0.15, 0.2) is 30.3 Å². The predicted octanol–water partition coefficient (Wildman–Crippen LogP) is -2.19. The number of rotatable bonds is 11. The minimum Gasteiger partial charge on any atom is -0.493 e. The van der Waals surface area contributed by atoms with E-state index in [-0.39, 0.29) is 17.2 Å². The smallest absolute Gasteiger partial charge is 0.231 e. The summed E-state index contributed by atoms with van der Waals surface area (Å²) in [4.78, 5) is 0. The van der Waals surface area contributed by atoms with Gasteiger partial charge < -0.3 is 74.0 Å². The van der Waals surface area contributed by atoms with Gasteiger partial charge in [0, 0.05) is 0 Å². The van der Waals surface area contributed by atoms with Gasteiger partial charge in [0.1, 0.15) is 42.7 Å². The van der Waals surface area contributed by atoms with Crippen molar-refractivity contribution >= 4 is 0 Å². The van der Waals surface area contributed by atoms with Gasteiger partial charge in [0.15, 0.2) is 29.3 Å². The lowest BCUT2D eigenvalue weighted by molar-refractivity contribution is -0.321. The molecule has 10 atom stereocenters. The van der Waals surface area contributed by atoms with Gasteiger partial charge in [-0.15, -0.1) is 0 Å². The largest absolute Gasteiger partial charge is 0.493 e. The van der Waals surface area contributed by atoms with Gasteiger partial charge in [-0.1, -0.05) is 6.07 Å². The van der Waals surface area contributed by atoms with E-state index in [4.69, 9.17) is 33.2 Å². The second-order valence-corrected chi connectivity index (χ2v) is 10.1. The van der Waals surface area contributed by atoms with Crippen LogP contribution in [0.5, 0.6) is 28.7 Å². The zero-order chi connectivity index (χ0) is 31.4. The Labute approximate surface area is 246 Å². The summed E-state index contributed by atoms with van der Waals surface area (Å²) >= 11 is 0. The van der Waals surface area contributed by atoms with Crippen LogP contribution in [0.3, 0.4) is 0 Å². The first-order valence-electron chi connectivity index (χ1n) is 13.5. The molecule has 0 radical (unpaired) electrons. The van der Waals surface area contributed by atoms with Gasteiger partial charge in [-0.05, 0) is 48.2 Å². The molecule has 2 saturated heterocycles. The predicted molar refractivity (Wildman–Crippen MR) is 144 cm³/mol. The lowest BCUT2D eigenvalue weighted by Crippen LogP contribution is -2.60. The molecule has 0 aliphatic carbocycles. The molecular formula is C28H38O15. The number of methoxy groups -OCH3 is 3. The Morgan fingerprint density at radius 2 is 1.12 bits per heavy atom. The molecule has 43 heavy (non-hydrogen) atoms. The Kier molecular flexibility index (Phi) is 10.9. The van der Waals surface area contributed by atoms with Crippen molar-refractivity contribution in [2.75, 3.05) is 27.9 Å². The van der Waals surface area contributed by atoms with Crippen LogP contribution in [0.1, 0.15) is 11.1 Å². The molecule has 0 saturated carbocycles. The van der Waals surface area contributed by atoms with Gasteiger partial charge in [-0.25, -0.2) is 0 Å². The number of hydrogen-bond acceptors (Lipinski definition) is 15. The fourth-order valence-corrected chi connectivity index (χ4v) is 4.82. The topological polar surface area (TPSA) is 226 Å². The third-order valence-electron chi connectivity index (χ3n) is 7.31. The molecule has 0 amide bonds. The molecule has 0 aromatic heterocycles. The van der Waals surface area contributed by atoms with E-state index >= 15 is 0 Å². The van der Waals surface area contributed by atoms with Crippen molar-refractivity contribution in [2.24, 2.45) is 0 Å². The van der Waals surface area contributed by atoms with Crippen LogP contribution in [0.4, 0.5) is 0 Å². The van der Waals surface area contributed by atoms with E-state index in [1.54, 1.807) is 18.2 Å². The van der Waals surface area contributed by atoms with Crippen molar-refractivity contribution in [1.29, 1.82) is 0 Å². The second kappa shape index (κ2) is 14.2. The Bertz CT molecular complexity index is 1210. The number of hydrogen-bond donors (Lipinski definition) is 8. The maximum atomic E-state index is 10.5. The number of aliphatic hydroxyl groups excluding tert-OH is 8. The van der Waals surface area contributed by atoms with Crippen molar-refractivity contribution in [3.63, 3.8) is 0 Å². The van der Waals surface area contributed by atoms with E-state index in [9.17, 15) is 40.9 Å². The molecule has 15 nitrogen and oxygen atoms in total. The van der Waals surface area contributed by atoms with E-state index in [2.05, 4.69) is 0 Å². The molecule has 15 heteroatoms. The van der Waals surface area contributed by atoms with E-state index in [1.807, 2.05) is 12.1 Å². The third kappa shape index (κ3) is 7.07. The molecular weight excluding hydrogens is 576 g/mol. The molecule has 2 aromatic rings. The summed E-state index contributed by atoms with van der Waals surface area (Å²) in [6.45, 7) is -0.672. The van der Waals surface area contributed by atoms with Gasteiger partial charge >= 0.3 is 0 Å². The number of ether oxygens (including phenoxy) is 7. The average molecular weight is 615 g/mol. The van der Waals surface area contributed by atoms with Gasteiger partial charge in [0.05, 0.1) is 27.9 Å². The number of aliphatic hydroxyl groups is 8. The van der Waals surface area contributed by atoms with Gasteiger partial charge in [-0.3, -0.25) is 0 Å². The molecule has 2 fully saturated rings. The molecule has 2 aliphatic heterocycles. The van der Waals surface area contributed by atoms with Crippen LogP contribution in [0.25, 0.3) is 0 Å². The van der Waals surface area contributed by atoms with Crippen LogP contribution >= 0.6 is 0 Å². The molecule has 0 bridgehead atoms. The molecule has 0 spiro atoms. The summed E-state index contributed by atoms with van der Waals surface area (Å²) in [5.74, 6) is 0.873. The van der Waals surface area contributed by atoms with Crippen molar-refractivity contribution in [3.8, 4) is 28.7 Å². The molecule has 240 valence electrons. The Balaban J connectivity index is 1.67. The lowest BCUT2D eigenvalue weighted by atomic mass is 9.99. The first-order chi connectivity index (χ1) is 20.5. The Morgan fingerprint density at radius 1 is 0.581 bits per heavy atom. The van der Waals surface area contributed by atoms with E-state index in [0.717, 1.165) is 5.56 Å². The summed E-state index contributed by atoms with van der Waals surface area (Å²) in [5, 5.41) is 80.9. The molecule has 2 heterocycles. The quantitative estimate of drug-likeness (QED) is 0.135. The molecule has 4 rings (SSSR count). The Hall–Kier alpha value is -2.96. The van der Waals surface area contributed by atoms with Crippen molar-refractivity contribution < 1.29 is 74.0 Å². The van der Waals surface area contributed by atoms with Crippen LogP contribution in [0.2, 0.25) is 0 Å². The van der Waals surface area contributed by atoms with E-state index in [0.29, 0.717) is 29.9 Å². The fraction of sp³-hybridized carbons (Fsp3) is 0.571. The zero-order valence-electron chi connectivity index (χ0n) is 23.7. The summed E-state index contributed by atoms with van der Waals surface area (Å²) < 4.78 is 38.5. The molecule has 2 aliphatic rings. The highest BCUT2D eigenvalue weighted by molar-refractivity contribution is 5.54. The van der Waals surface area contributed by atoms with E-state index < -0.39 is 68.2 Å². The van der Waals surface area contributed by atoms with Crippen LogP contribution in [-0.2, 0) is 22.3 Å². The first-order valence-corrected chi connectivity index (χ1v) is 13.5. The highest BCUT2D eigenvalue weighted by Crippen LogP contribution is 2.42. The lowest BCUT2D eigenvalue weighted by Gasteiger charge is -2.40. The van der Waals surface area contributed by atoms with E-state index in [1.165, 1.54) is 21.3 Å². The minimum atomic E-state index is -1.87. The van der Waals surface area contributed by atoms with Crippen LogP contribution in [0, 0.1) is 0 Å². The van der Waals surface area contributed by atoms with Gasteiger partial charge in [-0.2, -0.15) is 0 Å². The highest BCUT2D eigenvalue weighted by Gasteiger charge is 2.46. The summed E-state index contributed by atoms with van der Waals surface area (Å²) in [5.41, 5.74) is 1.47. The van der Waals surface area contributed by atoms with Gasteiger partial charge in [0.2, 0.25) is 18.3 Å². The highest BCUT2D eigenvalue weighted by atomic mass is 16.8. The Morgan fingerprint density at radius 3 is 1.67 bits per heavy atom. The second-order valence-electron chi connectivity index (χ2n) is 10.1. The van der Waals surface area contributed by atoms with Crippen LogP contribution in [-0.4, -0.2) is 130 Å². The maximum Gasteiger partial charge on any atom is 0.231 e. The third-order valence-corrected chi connectivity index (χ3v) is 7.31. The normalized spacial score (nSPS) is 32.6.